The second kappa shape index (κ2) is 6.11. The van der Waals surface area contributed by atoms with E-state index in [2.05, 4.69) is 4.72 Å². The molecule has 0 unspecified atom stereocenters. The van der Waals surface area contributed by atoms with Crippen LogP contribution in [-0.2, 0) is 16.6 Å². The molecule has 0 fully saturated rings. The summed E-state index contributed by atoms with van der Waals surface area (Å²) >= 11 is 0. The van der Waals surface area contributed by atoms with E-state index >= 15 is 0 Å². The highest BCUT2D eigenvalue weighted by molar-refractivity contribution is 7.89. The predicted octanol–water partition coefficient (Wildman–Crippen LogP) is 1.89. The van der Waals surface area contributed by atoms with Crippen molar-refractivity contribution < 1.29 is 17.5 Å². The smallest absolute Gasteiger partial charge is 0.244 e. The Morgan fingerprint density at radius 2 is 1.95 bits per heavy atom. The van der Waals surface area contributed by atoms with Gasteiger partial charge in [-0.3, -0.25) is 0 Å². The van der Waals surface area contributed by atoms with E-state index in [0.717, 1.165) is 0 Å². The minimum atomic E-state index is -3.71. The molecule has 0 spiro atoms. The van der Waals surface area contributed by atoms with Crippen LogP contribution in [0.1, 0.15) is 5.56 Å². The molecule has 2 rings (SSSR count). The highest BCUT2D eigenvalue weighted by Crippen LogP contribution is 2.27. The van der Waals surface area contributed by atoms with Gasteiger partial charge in [0.1, 0.15) is 23.1 Å². The normalized spacial score (nSPS) is 11.3. The van der Waals surface area contributed by atoms with E-state index in [0.29, 0.717) is 11.3 Å². The Bertz CT molecular complexity index is 748. The molecule has 2 aromatic carbocycles. The molecule has 0 aromatic heterocycles. The Kier molecular flexibility index (Phi) is 4.44. The van der Waals surface area contributed by atoms with Gasteiger partial charge < -0.3 is 10.5 Å². The van der Waals surface area contributed by atoms with Gasteiger partial charge in [-0.1, -0.05) is 18.2 Å². The lowest BCUT2D eigenvalue weighted by atomic mass is 10.2. The molecule has 0 bridgehead atoms. The molecule has 2 aromatic rings. The average Bonchev–Trinajstić information content (AvgIpc) is 2.47. The number of rotatable bonds is 5. The van der Waals surface area contributed by atoms with Gasteiger partial charge in [0.05, 0.1) is 0 Å². The molecule has 0 amide bonds. The van der Waals surface area contributed by atoms with Gasteiger partial charge in [0.25, 0.3) is 0 Å². The van der Waals surface area contributed by atoms with Gasteiger partial charge in [0.2, 0.25) is 10.0 Å². The van der Waals surface area contributed by atoms with Gasteiger partial charge in [0, 0.05) is 11.3 Å². The summed E-state index contributed by atoms with van der Waals surface area (Å²) in [4.78, 5) is -0.0821. The van der Waals surface area contributed by atoms with Crippen molar-refractivity contribution in [3.8, 4) is 5.75 Å². The molecular formula is C14H15FN2O3S. The summed E-state index contributed by atoms with van der Waals surface area (Å²) in [5.74, 6) is -0.298. The van der Waals surface area contributed by atoms with Crippen LogP contribution in [0.15, 0.2) is 47.4 Å². The molecular weight excluding hydrogens is 295 g/mol. The molecule has 0 atom stereocenters. The van der Waals surface area contributed by atoms with Crippen molar-refractivity contribution in [1.82, 2.24) is 4.72 Å². The number of hydrogen-bond acceptors (Lipinski definition) is 4. The molecule has 3 N–H and O–H groups in total. The number of nitrogen functional groups attached to an aromatic ring is 1. The molecule has 0 saturated heterocycles. The molecule has 21 heavy (non-hydrogen) atoms. The standard InChI is InChI=1S/C14H15FN2O3S/c1-17-21(18,19)14-8-11(16)6-7-13(14)20-9-10-4-2-3-5-12(10)15/h2-8,17H,9,16H2,1H3. The van der Waals surface area contributed by atoms with E-state index in [1.807, 2.05) is 0 Å². The topological polar surface area (TPSA) is 81.4 Å². The van der Waals surface area contributed by atoms with Crippen molar-refractivity contribution in [2.75, 3.05) is 12.8 Å². The van der Waals surface area contributed by atoms with Gasteiger partial charge in [-0.25, -0.2) is 17.5 Å². The first-order valence-corrected chi connectivity index (χ1v) is 7.61. The zero-order valence-corrected chi connectivity index (χ0v) is 12.2. The van der Waals surface area contributed by atoms with Crippen molar-refractivity contribution in [2.45, 2.75) is 11.5 Å². The Balaban J connectivity index is 2.31. The Morgan fingerprint density at radius 1 is 1.24 bits per heavy atom. The van der Waals surface area contributed by atoms with Gasteiger partial charge in [0.15, 0.2) is 0 Å². The SMILES string of the molecule is CNS(=O)(=O)c1cc(N)ccc1OCc1ccccc1F. The molecule has 0 saturated carbocycles. The van der Waals surface area contributed by atoms with Crippen LogP contribution >= 0.6 is 0 Å². The van der Waals surface area contributed by atoms with Crippen molar-refractivity contribution in [3.05, 3.63) is 53.8 Å². The van der Waals surface area contributed by atoms with Crippen molar-refractivity contribution >= 4 is 15.7 Å². The van der Waals surface area contributed by atoms with Crippen molar-refractivity contribution in [3.63, 3.8) is 0 Å². The van der Waals surface area contributed by atoms with Gasteiger partial charge in [-0.2, -0.15) is 0 Å². The lowest BCUT2D eigenvalue weighted by molar-refractivity contribution is 0.292. The fourth-order valence-corrected chi connectivity index (χ4v) is 2.64. The van der Waals surface area contributed by atoms with E-state index < -0.39 is 15.8 Å². The number of nitrogens with one attached hydrogen (secondary N) is 1. The van der Waals surface area contributed by atoms with Gasteiger partial charge in [-0.15, -0.1) is 0 Å². The van der Waals surface area contributed by atoms with E-state index in [1.165, 1.54) is 31.3 Å². The summed E-state index contributed by atoms with van der Waals surface area (Å²) in [6.07, 6.45) is 0. The summed E-state index contributed by atoms with van der Waals surface area (Å²) in [7, 11) is -2.42. The lowest BCUT2D eigenvalue weighted by Crippen LogP contribution is -2.19. The minimum absolute atomic E-state index is 0.0805. The molecule has 112 valence electrons. The summed E-state index contributed by atoms with van der Waals surface area (Å²) < 4.78 is 45.0. The zero-order valence-electron chi connectivity index (χ0n) is 11.3. The first kappa shape index (κ1) is 15.3. The highest BCUT2D eigenvalue weighted by Gasteiger charge is 2.18. The first-order chi connectivity index (χ1) is 9.94. The van der Waals surface area contributed by atoms with Crippen LogP contribution < -0.4 is 15.2 Å². The second-order valence-corrected chi connectivity index (χ2v) is 6.15. The van der Waals surface area contributed by atoms with E-state index in [1.54, 1.807) is 18.2 Å². The van der Waals surface area contributed by atoms with Crippen LogP contribution in [0, 0.1) is 5.82 Å². The van der Waals surface area contributed by atoms with Crippen LogP contribution in [0.4, 0.5) is 10.1 Å². The fourth-order valence-electron chi connectivity index (χ4n) is 1.73. The lowest BCUT2D eigenvalue weighted by Gasteiger charge is -2.12. The molecule has 0 aliphatic rings. The third kappa shape index (κ3) is 3.50. The Morgan fingerprint density at radius 3 is 2.62 bits per heavy atom. The molecule has 0 aliphatic heterocycles. The summed E-state index contributed by atoms with van der Waals surface area (Å²) in [6, 6.07) is 10.4. The second-order valence-electron chi connectivity index (χ2n) is 4.29. The zero-order chi connectivity index (χ0) is 15.5. The number of sulfonamides is 1. The molecule has 0 heterocycles. The largest absolute Gasteiger partial charge is 0.487 e. The third-order valence-electron chi connectivity index (χ3n) is 2.87. The van der Waals surface area contributed by atoms with Crippen LogP contribution in [0.5, 0.6) is 5.75 Å². The highest BCUT2D eigenvalue weighted by atomic mass is 32.2. The fraction of sp³-hybridized carbons (Fsp3) is 0.143. The quantitative estimate of drug-likeness (QED) is 0.826. The number of nitrogens with two attached hydrogens (primary N) is 1. The van der Waals surface area contributed by atoms with E-state index in [-0.39, 0.29) is 17.3 Å². The summed E-state index contributed by atoms with van der Waals surface area (Å²) in [6.45, 7) is -0.0805. The maximum absolute atomic E-state index is 13.5. The molecule has 5 nitrogen and oxygen atoms in total. The molecule has 0 radical (unpaired) electrons. The Labute approximate surface area is 122 Å². The maximum atomic E-state index is 13.5. The maximum Gasteiger partial charge on any atom is 0.244 e. The predicted molar refractivity (Wildman–Crippen MR) is 77.8 cm³/mol. The van der Waals surface area contributed by atoms with E-state index in [9.17, 15) is 12.8 Å². The molecule has 7 heteroatoms. The summed E-state index contributed by atoms with van der Waals surface area (Å²) in [5, 5.41) is 0. The van der Waals surface area contributed by atoms with Crippen LogP contribution in [0.3, 0.4) is 0 Å². The summed E-state index contributed by atoms with van der Waals surface area (Å²) in [5.41, 5.74) is 6.23. The minimum Gasteiger partial charge on any atom is -0.487 e. The number of hydrogen-bond donors (Lipinski definition) is 2. The van der Waals surface area contributed by atoms with Crippen LogP contribution in [-0.4, -0.2) is 15.5 Å². The molecule has 0 aliphatic carbocycles. The monoisotopic (exact) mass is 310 g/mol. The third-order valence-corrected chi connectivity index (χ3v) is 4.30. The van der Waals surface area contributed by atoms with Crippen molar-refractivity contribution in [1.29, 1.82) is 0 Å². The van der Waals surface area contributed by atoms with Gasteiger partial charge in [-0.05, 0) is 31.3 Å². The number of anilines is 1. The number of ether oxygens (including phenoxy) is 1. The van der Waals surface area contributed by atoms with E-state index in [4.69, 9.17) is 10.5 Å². The average molecular weight is 310 g/mol. The number of benzene rings is 2. The van der Waals surface area contributed by atoms with Crippen molar-refractivity contribution in [2.24, 2.45) is 0 Å². The number of halogens is 1. The van der Waals surface area contributed by atoms with Gasteiger partial charge >= 0.3 is 0 Å². The van der Waals surface area contributed by atoms with Crippen LogP contribution in [0.2, 0.25) is 0 Å². The Hall–Kier alpha value is -2.12. The van der Waals surface area contributed by atoms with Crippen LogP contribution in [0.25, 0.3) is 0 Å². The first-order valence-electron chi connectivity index (χ1n) is 6.13.